The summed E-state index contributed by atoms with van der Waals surface area (Å²) in [7, 11) is 0. The highest BCUT2D eigenvalue weighted by Gasteiger charge is 2.51. The summed E-state index contributed by atoms with van der Waals surface area (Å²) in [5.41, 5.74) is 5.12. The van der Waals surface area contributed by atoms with E-state index in [-0.39, 0.29) is 24.9 Å². The maximum Gasteiger partial charge on any atom is 0.411 e. The van der Waals surface area contributed by atoms with Crippen molar-refractivity contribution in [2.24, 2.45) is 0 Å². The molecule has 35 heavy (non-hydrogen) atoms. The molecule has 0 aromatic heterocycles. The first kappa shape index (κ1) is 22.7. The Kier molecular flexibility index (Phi) is 5.99. The van der Waals surface area contributed by atoms with E-state index in [2.05, 4.69) is 34.9 Å². The summed E-state index contributed by atoms with van der Waals surface area (Å²) in [6, 6.07) is 23.5. The van der Waals surface area contributed by atoms with Gasteiger partial charge in [-0.1, -0.05) is 60.7 Å². The molecule has 2 amide bonds. The Hall–Kier alpha value is -4.13. The molecule has 0 unspecified atom stereocenters. The van der Waals surface area contributed by atoms with Crippen LogP contribution in [0.2, 0.25) is 0 Å². The second kappa shape index (κ2) is 9.25. The lowest BCUT2D eigenvalue weighted by Crippen LogP contribution is -2.43. The van der Waals surface area contributed by atoms with Gasteiger partial charge in [0.05, 0.1) is 0 Å². The maximum atomic E-state index is 12.5. The fraction of sp³-hybridized carbons (Fsp3) is 0.250. The Morgan fingerprint density at radius 2 is 1.49 bits per heavy atom. The average molecular weight is 471 g/mol. The summed E-state index contributed by atoms with van der Waals surface area (Å²) in [4.78, 5) is 35.7. The maximum absolute atomic E-state index is 12.5. The molecule has 178 valence electrons. The van der Waals surface area contributed by atoms with E-state index in [1.807, 2.05) is 36.4 Å². The first-order valence-electron chi connectivity index (χ1n) is 11.7. The largest absolute Gasteiger partial charge is 0.480 e. The van der Waals surface area contributed by atoms with Crippen LogP contribution in [0.15, 0.2) is 72.8 Å². The van der Waals surface area contributed by atoms with E-state index in [0.717, 1.165) is 16.7 Å². The molecular weight excluding hydrogens is 444 g/mol. The summed E-state index contributed by atoms with van der Waals surface area (Å²) in [5, 5.41) is 14.5. The van der Waals surface area contributed by atoms with Crippen molar-refractivity contribution in [2.75, 3.05) is 11.9 Å². The molecule has 3 aromatic rings. The third-order valence-corrected chi connectivity index (χ3v) is 6.72. The van der Waals surface area contributed by atoms with E-state index in [4.69, 9.17) is 9.84 Å². The van der Waals surface area contributed by atoms with Crippen LogP contribution < -0.4 is 10.6 Å². The Balaban J connectivity index is 1.12. The van der Waals surface area contributed by atoms with Crippen molar-refractivity contribution in [3.05, 3.63) is 89.5 Å². The Labute approximate surface area is 203 Å². The number of nitrogens with one attached hydrogen (secondary N) is 2. The lowest BCUT2D eigenvalue weighted by molar-refractivity contribution is -0.143. The van der Waals surface area contributed by atoms with Crippen molar-refractivity contribution in [3.8, 4) is 11.1 Å². The van der Waals surface area contributed by atoms with Gasteiger partial charge in [-0.05, 0) is 59.2 Å². The topological polar surface area (TPSA) is 105 Å². The number of carbonyl (C=O) groups excluding carboxylic acids is 2. The molecule has 2 aliphatic rings. The smallest absolute Gasteiger partial charge is 0.411 e. The van der Waals surface area contributed by atoms with E-state index in [1.165, 1.54) is 11.1 Å². The fourth-order valence-electron chi connectivity index (χ4n) is 4.61. The van der Waals surface area contributed by atoms with E-state index < -0.39 is 17.6 Å². The summed E-state index contributed by atoms with van der Waals surface area (Å²) < 4.78 is 5.57. The highest BCUT2D eigenvalue weighted by molar-refractivity contribution is 5.89. The number of carbonyl (C=O) groups is 3. The minimum Gasteiger partial charge on any atom is -0.480 e. The first-order valence-corrected chi connectivity index (χ1v) is 11.7. The van der Waals surface area contributed by atoms with Crippen molar-refractivity contribution in [1.29, 1.82) is 0 Å². The number of anilines is 1. The molecule has 5 rings (SSSR count). The molecule has 3 N–H and O–H groups in total. The van der Waals surface area contributed by atoms with Crippen molar-refractivity contribution in [1.82, 2.24) is 5.32 Å². The number of rotatable bonds is 8. The van der Waals surface area contributed by atoms with Gasteiger partial charge >= 0.3 is 12.1 Å². The number of aliphatic carboxylic acids is 1. The number of carboxylic acid groups (broad SMARTS) is 1. The van der Waals surface area contributed by atoms with Crippen LogP contribution in [0.1, 0.15) is 41.9 Å². The normalized spacial score (nSPS) is 15.0. The number of fused-ring (bicyclic) bond motifs is 3. The molecule has 0 aliphatic heterocycles. The monoisotopic (exact) mass is 470 g/mol. The van der Waals surface area contributed by atoms with Crippen LogP contribution >= 0.6 is 0 Å². The third-order valence-electron chi connectivity index (χ3n) is 6.72. The van der Waals surface area contributed by atoms with Gasteiger partial charge < -0.3 is 15.2 Å². The lowest BCUT2D eigenvalue weighted by atomic mass is 9.98. The predicted molar refractivity (Wildman–Crippen MR) is 131 cm³/mol. The van der Waals surface area contributed by atoms with Gasteiger partial charge in [0.15, 0.2) is 0 Å². The number of ether oxygens (including phenoxy) is 1. The number of benzene rings is 3. The number of hydrogen-bond acceptors (Lipinski definition) is 4. The second-order valence-electron chi connectivity index (χ2n) is 9.08. The van der Waals surface area contributed by atoms with Crippen LogP contribution in [-0.4, -0.2) is 35.2 Å². The minimum atomic E-state index is -1.06. The van der Waals surface area contributed by atoms with Gasteiger partial charge in [-0.25, -0.2) is 9.59 Å². The predicted octanol–water partition coefficient (Wildman–Crippen LogP) is 4.71. The van der Waals surface area contributed by atoms with Crippen LogP contribution in [0.5, 0.6) is 0 Å². The van der Waals surface area contributed by atoms with Crippen LogP contribution in [0.25, 0.3) is 11.1 Å². The molecule has 0 saturated heterocycles. The molecule has 3 aromatic carbocycles. The third kappa shape index (κ3) is 4.75. The van der Waals surface area contributed by atoms with Gasteiger partial charge in [0.1, 0.15) is 12.1 Å². The second-order valence-corrected chi connectivity index (χ2v) is 9.08. The Bertz CT molecular complexity index is 1240. The summed E-state index contributed by atoms with van der Waals surface area (Å²) in [6.07, 6.45) is 1.11. The molecule has 2 aliphatic carbocycles. The molecule has 0 atom stereocenters. The number of hydrogen-bond donors (Lipinski definition) is 3. The SMILES string of the molecule is O=C(CCc1ccc(NC(=O)OCC2c3ccccc3-c3ccccc32)cc1)NC1(C(=O)O)CC1. The van der Waals surface area contributed by atoms with Gasteiger partial charge in [0.2, 0.25) is 5.91 Å². The van der Waals surface area contributed by atoms with Crippen molar-refractivity contribution in [3.63, 3.8) is 0 Å². The lowest BCUT2D eigenvalue weighted by Gasteiger charge is -2.15. The summed E-state index contributed by atoms with van der Waals surface area (Å²) in [5.74, 6) is -1.25. The zero-order valence-corrected chi connectivity index (χ0v) is 19.1. The van der Waals surface area contributed by atoms with Gasteiger partial charge in [0.25, 0.3) is 0 Å². The standard InChI is InChI=1S/C28H26N2O5/c31-25(30-28(15-16-28)26(32)33)14-11-18-9-12-19(13-10-18)29-27(34)35-17-24-22-7-3-1-5-20(22)21-6-2-4-8-23(21)24/h1-10,12-13,24H,11,14-17H2,(H,29,34)(H,30,31)(H,32,33). The van der Waals surface area contributed by atoms with Gasteiger partial charge in [0, 0.05) is 18.0 Å². The van der Waals surface area contributed by atoms with Crippen LogP contribution in [0.4, 0.5) is 10.5 Å². The molecule has 1 saturated carbocycles. The number of carboxylic acids is 1. The summed E-state index contributed by atoms with van der Waals surface area (Å²) in [6.45, 7) is 0.241. The zero-order valence-electron chi connectivity index (χ0n) is 19.1. The average Bonchev–Trinajstić information content (AvgIpc) is 3.58. The van der Waals surface area contributed by atoms with Crippen LogP contribution in [0.3, 0.4) is 0 Å². The van der Waals surface area contributed by atoms with Crippen LogP contribution in [-0.2, 0) is 20.7 Å². The van der Waals surface area contributed by atoms with E-state index in [9.17, 15) is 14.4 Å². The van der Waals surface area contributed by atoms with E-state index in [1.54, 1.807) is 12.1 Å². The van der Waals surface area contributed by atoms with Gasteiger partial charge in [-0.15, -0.1) is 0 Å². The molecule has 7 nitrogen and oxygen atoms in total. The Morgan fingerprint density at radius 3 is 2.06 bits per heavy atom. The number of amides is 2. The first-order chi connectivity index (χ1) is 16.9. The molecule has 0 spiro atoms. The molecule has 1 fully saturated rings. The summed E-state index contributed by atoms with van der Waals surface area (Å²) >= 11 is 0. The molecular formula is C28H26N2O5. The highest BCUT2D eigenvalue weighted by Crippen LogP contribution is 2.44. The van der Waals surface area contributed by atoms with E-state index >= 15 is 0 Å². The molecule has 0 bridgehead atoms. The van der Waals surface area contributed by atoms with Gasteiger partial charge in [-0.3, -0.25) is 10.1 Å². The zero-order chi connectivity index (χ0) is 24.4. The van der Waals surface area contributed by atoms with Crippen LogP contribution in [0, 0.1) is 0 Å². The van der Waals surface area contributed by atoms with Gasteiger partial charge in [-0.2, -0.15) is 0 Å². The van der Waals surface area contributed by atoms with Crippen molar-refractivity contribution in [2.45, 2.75) is 37.1 Å². The fourth-order valence-corrected chi connectivity index (χ4v) is 4.61. The quantitative estimate of drug-likeness (QED) is 0.442. The van der Waals surface area contributed by atoms with Crippen molar-refractivity contribution < 1.29 is 24.2 Å². The minimum absolute atomic E-state index is 0.00224. The molecule has 0 heterocycles. The van der Waals surface area contributed by atoms with Crippen molar-refractivity contribution >= 4 is 23.7 Å². The molecule has 7 heteroatoms. The highest BCUT2D eigenvalue weighted by atomic mass is 16.5. The number of aryl methyl sites for hydroxylation is 1. The molecule has 0 radical (unpaired) electrons. The Morgan fingerprint density at radius 1 is 0.886 bits per heavy atom. The van der Waals surface area contributed by atoms with E-state index in [0.29, 0.717) is 24.9 Å².